The van der Waals surface area contributed by atoms with Gasteiger partial charge in [0, 0.05) is 27.8 Å². The zero-order chi connectivity index (χ0) is 105. The Labute approximate surface area is 840 Å². The summed E-state index contributed by atoms with van der Waals surface area (Å²) >= 11 is 30.3. The number of benzene rings is 5. The molecule has 1 aliphatic rings. The molecule has 0 saturated carbocycles. The standard InChI is InChI=1S/C23H31ClO5.C23H31ClO4.C23H31ClO3.C22H29ClO5.C18H23ClO3.C2HB/c1-14(7-8-15(2)11-12-29-22(28)23(4,5)6)9-10-17-20(26)18(13-25)16(3)19(24)21(17)27;1-14(7-6-8-15(2)10-12-19-23(4,5)28-19)9-11-17-21(26)18(13-25)16(3)20(24)22(17)27;1-15(2)8-6-9-16(3)10-7-11-17(4)12-13-19-22(26)20(14-25)18(5)21(24)23(19)27;1-13(2)22(27)28-11-10-15(4)7-6-14(3)8-9-17-20(25)18(12-24)16(5)19(23)21(17)26;1-11(2)6-5-7-12(3)8-9-14-17(21)15(10-20)13(4)16(19)18(14)22;1-2-3/h9,11,13,26-27H,7-8,10,12H2,1-6H3;8-9,13,19,26-27H,6-7,10-12H2,1-5H3;8,10,12,14,26-27H,6-7,9,11,13H2,1-5H3;8,10,12-13,25-26H,6-7,9,11H2,1-5H3;6,8,10,21-22H,5,7,9H2,1-4H3;1H/b14-9+,15-11+;14-9+,15-8+;16-10+,17-12+;14-8+,15-10+;12-8+;. The fourth-order valence-electron chi connectivity index (χ4n) is 13.5. The topological polar surface area (TPSA) is 353 Å². The predicted octanol–water partition coefficient (Wildman–Crippen LogP) is 28.7. The second-order valence-electron chi connectivity index (χ2n) is 37.0. The Bertz CT molecular complexity index is 5440. The number of allylic oxidation sites excluding steroid dienone is 20. The molecule has 26 heteroatoms. The Balaban J connectivity index is 0.000000852. The summed E-state index contributed by atoms with van der Waals surface area (Å²) in [7, 11) is 4.38. The third kappa shape index (κ3) is 41.6. The molecule has 20 nitrogen and oxygen atoms in total. The minimum absolute atomic E-state index is 0.0549. The molecule has 1 atom stereocenters. The van der Waals surface area contributed by atoms with Crippen molar-refractivity contribution in [3.05, 3.63) is 237 Å². The summed E-state index contributed by atoms with van der Waals surface area (Å²) in [6.45, 7) is 48.3. The number of rotatable bonds is 41. The van der Waals surface area contributed by atoms with E-state index < -0.39 is 5.41 Å². The molecule has 0 spiro atoms. The summed E-state index contributed by atoms with van der Waals surface area (Å²) < 4.78 is 16.0. The van der Waals surface area contributed by atoms with Crippen molar-refractivity contribution < 1.29 is 98.8 Å². The third-order valence-electron chi connectivity index (χ3n) is 23.1. The SMILES string of the molecule is C/C(=C\COC(=O)C(C)(C)C)CC/C(C)=C/Cc1c(O)c(Cl)c(C)c(C=O)c1O.C/C(=C\COC(=O)C(C)C)CC/C(C)=C/Cc1c(O)c(Cl)c(C)c(C=O)c1O.C/C(=C\Cc1c(O)c(Cl)c(C)c(C=O)c1O)CC/C=C(\C)CCC1OC1(C)C.CC(C)=CCC/C(C)=C/CC/C(C)=C/Cc1c(O)c(Cl)c(C)c(C=O)c1O.CC(C)=CCC/C(C)=C/Cc1c(O)c(Cl)c(C)c(C=O)c1O.[B]C#C. The maximum Gasteiger partial charge on any atom is 0.311 e. The van der Waals surface area contributed by atoms with Crippen LogP contribution in [0.4, 0.5) is 0 Å². The van der Waals surface area contributed by atoms with Crippen LogP contribution in [0.15, 0.2) is 128 Å². The van der Waals surface area contributed by atoms with Gasteiger partial charge in [-0.2, -0.15) is 5.82 Å². The van der Waals surface area contributed by atoms with Gasteiger partial charge in [0.2, 0.25) is 0 Å². The number of hydrogen-bond donors (Lipinski definition) is 10. The van der Waals surface area contributed by atoms with Gasteiger partial charge in [0.25, 0.3) is 0 Å². The van der Waals surface area contributed by atoms with E-state index in [9.17, 15) is 84.6 Å². The van der Waals surface area contributed by atoms with E-state index in [1.54, 1.807) is 54.3 Å². The molecular formula is C111H146BCl5O20. The maximum absolute atomic E-state index is 11.7. The average molecular weight is 1990 g/mol. The average Bonchev–Trinajstić information content (AvgIpc) is 1.42. The van der Waals surface area contributed by atoms with Crippen LogP contribution in [0.1, 0.15) is 336 Å². The van der Waals surface area contributed by atoms with Crippen molar-refractivity contribution in [1.82, 2.24) is 0 Å². The Kier molecular flexibility index (Phi) is 56.2. The van der Waals surface area contributed by atoms with Crippen LogP contribution in [-0.2, 0) is 55.9 Å². The van der Waals surface area contributed by atoms with Crippen molar-refractivity contribution in [1.29, 1.82) is 0 Å². The molecule has 0 bridgehead atoms. The highest BCUT2D eigenvalue weighted by Crippen LogP contribution is 2.47. The zero-order valence-electron chi connectivity index (χ0n) is 84.8. The molecule has 0 aromatic heterocycles. The molecule has 1 aliphatic heterocycles. The number of phenols is 10. The highest BCUT2D eigenvalue weighted by Gasteiger charge is 2.47. The molecule has 5 aromatic carbocycles. The number of carbonyl (C=O) groups is 7. The van der Waals surface area contributed by atoms with Gasteiger partial charge < -0.3 is 65.3 Å². The normalized spacial score (nSPS) is 13.4. The van der Waals surface area contributed by atoms with Gasteiger partial charge >= 0.3 is 11.9 Å². The predicted molar refractivity (Wildman–Crippen MR) is 560 cm³/mol. The summed E-state index contributed by atoms with van der Waals surface area (Å²) in [6.07, 6.45) is 44.4. The quantitative estimate of drug-likeness (QED) is 0.00434. The van der Waals surface area contributed by atoms with Gasteiger partial charge in [-0.3, -0.25) is 33.6 Å². The molecule has 0 aliphatic carbocycles. The highest BCUT2D eigenvalue weighted by molar-refractivity contribution is 6.35. The van der Waals surface area contributed by atoms with E-state index in [2.05, 4.69) is 94.0 Å². The van der Waals surface area contributed by atoms with Gasteiger partial charge in [-0.05, 0) is 321 Å². The van der Waals surface area contributed by atoms with E-state index in [1.165, 1.54) is 22.3 Å². The summed E-state index contributed by atoms with van der Waals surface area (Å²) in [5, 5.41) is 103. The van der Waals surface area contributed by atoms with Crippen LogP contribution < -0.4 is 0 Å². The fourth-order valence-corrected chi connectivity index (χ4v) is 14.5. The number of terminal acetylenes is 1. The second kappa shape index (κ2) is 61.8. The van der Waals surface area contributed by atoms with Crippen LogP contribution in [0.25, 0.3) is 0 Å². The van der Waals surface area contributed by atoms with Crippen LogP contribution in [0.2, 0.25) is 25.1 Å². The highest BCUT2D eigenvalue weighted by atomic mass is 35.5. The minimum atomic E-state index is -0.513. The van der Waals surface area contributed by atoms with E-state index in [1.807, 2.05) is 112 Å². The first-order chi connectivity index (χ1) is 64.0. The van der Waals surface area contributed by atoms with Gasteiger partial charge in [0.15, 0.2) is 39.3 Å². The first-order valence-electron chi connectivity index (χ1n) is 45.7. The summed E-state index contributed by atoms with van der Waals surface area (Å²) in [5.41, 5.74) is 16.5. The number of esters is 2. The van der Waals surface area contributed by atoms with Crippen molar-refractivity contribution >= 4 is 109 Å². The van der Waals surface area contributed by atoms with Crippen LogP contribution in [0.3, 0.4) is 0 Å². The van der Waals surface area contributed by atoms with Gasteiger partial charge in [-0.15, -0.1) is 6.42 Å². The number of epoxide rings is 1. The van der Waals surface area contributed by atoms with Gasteiger partial charge in [0.1, 0.15) is 70.7 Å². The van der Waals surface area contributed by atoms with Crippen molar-refractivity contribution in [2.75, 3.05) is 13.2 Å². The summed E-state index contributed by atoms with van der Waals surface area (Å²) in [4.78, 5) is 79.1. The largest absolute Gasteiger partial charge is 0.507 e. The third-order valence-corrected chi connectivity index (χ3v) is 25.4. The van der Waals surface area contributed by atoms with Crippen molar-refractivity contribution in [3.8, 4) is 69.7 Å². The zero-order valence-corrected chi connectivity index (χ0v) is 88.6. The molecule has 748 valence electrons. The van der Waals surface area contributed by atoms with E-state index in [-0.39, 0.29) is 177 Å². The molecule has 1 saturated heterocycles. The lowest BCUT2D eigenvalue weighted by Crippen LogP contribution is -2.22. The molecule has 1 fully saturated rings. The van der Waals surface area contributed by atoms with Crippen molar-refractivity contribution in [2.45, 2.75) is 307 Å². The lowest BCUT2D eigenvalue weighted by atomic mass is 9.97. The Morgan fingerprint density at radius 3 is 0.788 bits per heavy atom. The Hall–Kier alpha value is -10.4. The minimum Gasteiger partial charge on any atom is -0.507 e. The van der Waals surface area contributed by atoms with Gasteiger partial charge in [-0.25, -0.2) is 0 Å². The number of halogens is 5. The number of carbonyl (C=O) groups excluding carboxylic acids is 7. The van der Waals surface area contributed by atoms with Gasteiger partial charge in [0.05, 0.1) is 76.0 Å². The molecule has 2 radical (unpaired) electrons. The molecule has 0 amide bonds. The first-order valence-corrected chi connectivity index (χ1v) is 47.6. The van der Waals surface area contributed by atoms with E-state index in [4.69, 9.17) is 72.2 Å². The molecule has 137 heavy (non-hydrogen) atoms. The molecule has 10 N–H and O–H groups in total. The Morgan fingerprint density at radius 2 is 0.577 bits per heavy atom. The number of phenolic OH excluding ortho intramolecular Hbond substituents is 10. The molecular weight excluding hydrogens is 1840 g/mol. The number of ether oxygens (including phenoxy) is 3. The fraction of sp³-hybridized carbons (Fsp3) is 0.450. The second-order valence-corrected chi connectivity index (χ2v) is 38.9. The monoisotopic (exact) mass is 1980 g/mol. The van der Waals surface area contributed by atoms with E-state index in [0.29, 0.717) is 95.7 Å². The Morgan fingerprint density at radius 1 is 0.372 bits per heavy atom. The smallest absolute Gasteiger partial charge is 0.311 e. The summed E-state index contributed by atoms with van der Waals surface area (Å²) in [6, 6.07) is 0. The van der Waals surface area contributed by atoms with Gasteiger partial charge in [-0.1, -0.05) is 188 Å². The number of aldehydes is 5. The summed E-state index contributed by atoms with van der Waals surface area (Å²) in [5.74, 6) is -0.759. The van der Waals surface area contributed by atoms with E-state index >= 15 is 0 Å². The van der Waals surface area contributed by atoms with Crippen LogP contribution >= 0.6 is 58.0 Å². The molecule has 6 rings (SSSR count). The number of aromatic hydroxyl groups is 10. The van der Waals surface area contributed by atoms with E-state index in [0.717, 1.165) is 129 Å². The molecule has 1 heterocycles. The lowest BCUT2D eigenvalue weighted by molar-refractivity contribution is -0.151. The van der Waals surface area contributed by atoms with Crippen molar-refractivity contribution in [2.24, 2.45) is 11.3 Å². The van der Waals surface area contributed by atoms with Crippen LogP contribution in [0.5, 0.6) is 57.5 Å². The maximum atomic E-state index is 11.7. The first kappa shape index (κ1) is 125. The van der Waals surface area contributed by atoms with Crippen LogP contribution in [0, 0.1) is 58.2 Å². The molecule has 5 aromatic rings. The van der Waals surface area contributed by atoms with Crippen LogP contribution in [-0.4, -0.2) is 127 Å². The molecule has 1 unspecified atom stereocenters. The number of hydrogen-bond acceptors (Lipinski definition) is 20. The van der Waals surface area contributed by atoms with Crippen molar-refractivity contribution in [3.63, 3.8) is 0 Å². The lowest BCUT2D eigenvalue weighted by Gasteiger charge is -2.15.